The smallest absolute Gasteiger partial charge is 0.417 e. The van der Waals surface area contributed by atoms with Gasteiger partial charge in [0.1, 0.15) is 18.1 Å². The van der Waals surface area contributed by atoms with Gasteiger partial charge >= 0.3 is 11.9 Å². The number of pyridine rings is 1. The van der Waals surface area contributed by atoms with Crippen molar-refractivity contribution in [3.05, 3.63) is 74.6 Å². The molecule has 1 aliphatic rings. The molecule has 33 heavy (non-hydrogen) atoms. The van der Waals surface area contributed by atoms with Crippen LogP contribution in [0.1, 0.15) is 17.0 Å². The van der Waals surface area contributed by atoms with Crippen LogP contribution >= 0.6 is 0 Å². The standard InChI is InChI=1S/C19H17F3N8O3/c1-26-18(32)28(7-6-27-9-11(19(20,21)22)4-5-13(27)31)17-25-16-15(30(17)26)14(24-10-29(16)23)12-3-2-8-33-12/h2-5,8-9H,6-7,10,23H2,1H3. The minimum absolute atomic E-state index is 0.0991. The second-order valence-corrected chi connectivity index (χ2v) is 7.40. The van der Waals surface area contributed by atoms with Crippen molar-refractivity contribution < 1.29 is 17.6 Å². The third kappa shape index (κ3) is 3.26. The number of aryl methyl sites for hydroxylation is 3. The average Bonchev–Trinajstić information content (AvgIpc) is 3.47. The third-order valence-corrected chi connectivity index (χ3v) is 5.38. The molecule has 0 saturated carbocycles. The van der Waals surface area contributed by atoms with Crippen LogP contribution < -0.4 is 22.1 Å². The molecule has 0 aromatic carbocycles. The number of aliphatic imine (C=N–C) groups is 1. The molecular formula is C19H17F3N8O3. The first-order valence-corrected chi connectivity index (χ1v) is 9.73. The van der Waals surface area contributed by atoms with Crippen molar-refractivity contribution in [2.45, 2.75) is 19.3 Å². The van der Waals surface area contributed by atoms with Crippen molar-refractivity contribution in [2.24, 2.45) is 17.9 Å². The first-order chi connectivity index (χ1) is 15.7. The monoisotopic (exact) mass is 462 g/mol. The van der Waals surface area contributed by atoms with Crippen molar-refractivity contribution in [3.63, 3.8) is 0 Å². The fourth-order valence-electron chi connectivity index (χ4n) is 3.77. The van der Waals surface area contributed by atoms with Crippen molar-refractivity contribution in [1.82, 2.24) is 23.3 Å². The largest absolute Gasteiger partial charge is 0.463 e. The lowest BCUT2D eigenvalue weighted by molar-refractivity contribution is -0.138. The summed E-state index contributed by atoms with van der Waals surface area (Å²) >= 11 is 0. The fourth-order valence-corrected chi connectivity index (χ4v) is 3.77. The zero-order valence-corrected chi connectivity index (χ0v) is 17.2. The molecule has 0 spiro atoms. The molecule has 2 N–H and O–H groups in total. The lowest BCUT2D eigenvalue weighted by Crippen LogP contribution is -2.37. The summed E-state index contributed by atoms with van der Waals surface area (Å²) in [5.74, 6) is 7.05. The van der Waals surface area contributed by atoms with Crippen LogP contribution in [0.2, 0.25) is 0 Å². The Labute approximate surface area is 182 Å². The number of hydrogen-bond acceptors (Lipinski definition) is 7. The predicted octanol–water partition coefficient (Wildman–Crippen LogP) is 0.797. The Morgan fingerprint density at radius 2 is 1.97 bits per heavy atom. The number of rotatable bonds is 4. The van der Waals surface area contributed by atoms with Crippen molar-refractivity contribution in [3.8, 4) is 0 Å². The molecule has 1 aliphatic heterocycles. The van der Waals surface area contributed by atoms with E-state index in [0.717, 1.165) is 22.9 Å². The van der Waals surface area contributed by atoms with Gasteiger partial charge in [0, 0.05) is 32.4 Å². The van der Waals surface area contributed by atoms with E-state index in [-0.39, 0.29) is 25.5 Å². The van der Waals surface area contributed by atoms with Gasteiger partial charge in [-0.2, -0.15) is 18.2 Å². The summed E-state index contributed by atoms with van der Waals surface area (Å²) in [5, 5.41) is 1.31. The van der Waals surface area contributed by atoms with Crippen LogP contribution in [-0.4, -0.2) is 35.7 Å². The molecule has 0 amide bonds. The number of fused-ring (bicyclic) bond motifs is 3. The van der Waals surface area contributed by atoms with Crippen molar-refractivity contribution in [1.29, 1.82) is 0 Å². The summed E-state index contributed by atoms with van der Waals surface area (Å²) in [6, 6.07) is 4.98. The fraction of sp³-hybridized carbons (Fsp3) is 0.263. The number of imidazole rings is 1. The molecule has 0 radical (unpaired) electrons. The van der Waals surface area contributed by atoms with Gasteiger partial charge in [0.2, 0.25) is 5.78 Å². The Balaban J connectivity index is 1.59. The summed E-state index contributed by atoms with van der Waals surface area (Å²) in [4.78, 5) is 33.9. The van der Waals surface area contributed by atoms with Gasteiger partial charge in [0.15, 0.2) is 11.6 Å². The van der Waals surface area contributed by atoms with Crippen LogP contribution in [0.3, 0.4) is 0 Å². The number of halogens is 3. The quantitative estimate of drug-likeness (QED) is 0.448. The maximum absolute atomic E-state index is 13.0. The highest BCUT2D eigenvalue weighted by atomic mass is 19.4. The van der Waals surface area contributed by atoms with Gasteiger partial charge in [0.05, 0.1) is 11.8 Å². The summed E-state index contributed by atoms with van der Waals surface area (Å²) < 4.78 is 49.5. The summed E-state index contributed by atoms with van der Waals surface area (Å²) in [6.07, 6.45) is -2.38. The van der Waals surface area contributed by atoms with E-state index in [9.17, 15) is 22.8 Å². The van der Waals surface area contributed by atoms with Crippen LogP contribution in [0.25, 0.3) is 5.78 Å². The molecule has 5 rings (SSSR count). The number of aromatic nitrogens is 5. The Morgan fingerprint density at radius 3 is 2.67 bits per heavy atom. The Bertz CT molecular complexity index is 1500. The number of hydrazine groups is 1. The minimum atomic E-state index is -4.60. The molecular weight excluding hydrogens is 445 g/mol. The molecule has 0 aliphatic carbocycles. The van der Waals surface area contributed by atoms with Gasteiger partial charge in [-0.15, -0.1) is 0 Å². The number of furan rings is 1. The number of nitrogens with two attached hydrogens (primary N) is 1. The van der Waals surface area contributed by atoms with E-state index >= 15 is 0 Å². The highest BCUT2D eigenvalue weighted by molar-refractivity contribution is 6.14. The Kier molecular flexibility index (Phi) is 4.56. The van der Waals surface area contributed by atoms with E-state index in [1.54, 1.807) is 12.1 Å². The van der Waals surface area contributed by atoms with Gasteiger partial charge in [-0.25, -0.2) is 19.8 Å². The average molecular weight is 462 g/mol. The molecule has 0 fully saturated rings. The normalized spacial score (nSPS) is 14.1. The van der Waals surface area contributed by atoms with Crippen molar-refractivity contribution in [2.75, 3.05) is 11.7 Å². The van der Waals surface area contributed by atoms with Gasteiger partial charge in [-0.05, 0) is 18.2 Å². The zero-order valence-electron chi connectivity index (χ0n) is 17.2. The molecule has 4 aromatic rings. The molecule has 172 valence electrons. The number of alkyl halides is 3. The SMILES string of the molecule is Cn1c(=O)n(CCn2cc(C(F)(F)F)ccc2=O)c2nc3c(n21)C(c1ccco1)=NCN3N. The zero-order chi connectivity index (χ0) is 23.5. The van der Waals surface area contributed by atoms with E-state index in [0.29, 0.717) is 23.0 Å². The summed E-state index contributed by atoms with van der Waals surface area (Å²) in [5.41, 5.74) is -1.17. The van der Waals surface area contributed by atoms with Gasteiger partial charge in [-0.3, -0.25) is 19.4 Å². The van der Waals surface area contributed by atoms with Crippen LogP contribution in [0, 0.1) is 0 Å². The first-order valence-electron chi connectivity index (χ1n) is 9.73. The van der Waals surface area contributed by atoms with Crippen LogP contribution in [0.15, 0.2) is 55.7 Å². The molecule has 0 saturated heterocycles. The lowest BCUT2D eigenvalue weighted by atomic mass is 10.2. The van der Waals surface area contributed by atoms with E-state index in [4.69, 9.17) is 10.3 Å². The van der Waals surface area contributed by atoms with E-state index in [1.807, 2.05) is 0 Å². The van der Waals surface area contributed by atoms with E-state index in [2.05, 4.69) is 9.98 Å². The van der Waals surface area contributed by atoms with Gasteiger partial charge < -0.3 is 8.98 Å². The number of anilines is 1. The van der Waals surface area contributed by atoms with Gasteiger partial charge in [0.25, 0.3) is 5.56 Å². The maximum atomic E-state index is 13.0. The molecule has 11 nitrogen and oxygen atoms in total. The maximum Gasteiger partial charge on any atom is 0.417 e. The molecule has 0 bridgehead atoms. The third-order valence-electron chi connectivity index (χ3n) is 5.38. The van der Waals surface area contributed by atoms with Crippen LogP contribution in [0.4, 0.5) is 19.0 Å². The van der Waals surface area contributed by atoms with E-state index < -0.39 is 23.0 Å². The molecule has 0 atom stereocenters. The first kappa shape index (κ1) is 20.8. The molecule has 0 unspecified atom stereocenters. The molecule has 5 heterocycles. The number of nitrogens with zero attached hydrogens (tertiary/aromatic N) is 7. The predicted molar refractivity (Wildman–Crippen MR) is 110 cm³/mol. The second kappa shape index (κ2) is 7.23. The second-order valence-electron chi connectivity index (χ2n) is 7.40. The summed E-state index contributed by atoms with van der Waals surface area (Å²) in [6.45, 7) is -0.166. The van der Waals surface area contributed by atoms with Crippen LogP contribution in [-0.2, 0) is 26.3 Å². The minimum Gasteiger partial charge on any atom is -0.463 e. The molecule has 4 aromatic heterocycles. The van der Waals surface area contributed by atoms with Gasteiger partial charge in [-0.1, -0.05) is 0 Å². The van der Waals surface area contributed by atoms with Crippen molar-refractivity contribution >= 4 is 17.3 Å². The Hall–Kier alpha value is -4.07. The lowest BCUT2D eigenvalue weighted by Gasteiger charge is -2.20. The number of hydrogen-bond donors (Lipinski definition) is 1. The highest BCUT2D eigenvalue weighted by Gasteiger charge is 2.32. The highest BCUT2D eigenvalue weighted by Crippen LogP contribution is 2.28. The van der Waals surface area contributed by atoms with Crippen LogP contribution in [0.5, 0.6) is 0 Å². The summed E-state index contributed by atoms with van der Waals surface area (Å²) in [7, 11) is 1.51. The van der Waals surface area contributed by atoms with E-state index in [1.165, 1.54) is 32.1 Å². The Morgan fingerprint density at radius 1 is 1.18 bits per heavy atom. The molecule has 14 heteroatoms. The topological polar surface area (TPSA) is 121 Å².